The van der Waals surface area contributed by atoms with Crippen LogP contribution in [0.1, 0.15) is 29.9 Å². The number of H-pyrrole nitrogens is 1. The van der Waals surface area contributed by atoms with E-state index in [1.54, 1.807) is 0 Å². The lowest BCUT2D eigenvalue weighted by Crippen LogP contribution is -2.25. The fourth-order valence-electron chi connectivity index (χ4n) is 1.88. The first-order valence-corrected chi connectivity index (χ1v) is 5.09. The van der Waals surface area contributed by atoms with Crippen LogP contribution in [0.5, 0.6) is 0 Å². The third kappa shape index (κ3) is 2.06. The zero-order valence-electron chi connectivity index (χ0n) is 8.38. The number of fused-ring (bicyclic) bond motifs is 1. The summed E-state index contributed by atoms with van der Waals surface area (Å²) in [4.78, 5) is 28.8. The van der Waals surface area contributed by atoms with Gasteiger partial charge < -0.3 is 10.3 Å². The van der Waals surface area contributed by atoms with Crippen LogP contribution >= 0.6 is 0 Å². The second kappa shape index (κ2) is 4.25. The number of carbonyl (C=O) groups excluding carboxylic acids is 1. The van der Waals surface area contributed by atoms with Gasteiger partial charge in [0.15, 0.2) is 0 Å². The van der Waals surface area contributed by atoms with Crippen molar-refractivity contribution in [1.29, 1.82) is 0 Å². The van der Waals surface area contributed by atoms with Gasteiger partial charge in [0.25, 0.3) is 5.56 Å². The molecule has 0 spiro atoms. The third-order valence-corrected chi connectivity index (χ3v) is 2.59. The Hall–Kier alpha value is -1.65. The number of rotatable bonds is 3. The van der Waals surface area contributed by atoms with Crippen molar-refractivity contribution in [3.63, 3.8) is 0 Å². The Morgan fingerprint density at radius 2 is 2.20 bits per heavy atom. The van der Waals surface area contributed by atoms with E-state index in [0.717, 1.165) is 36.9 Å². The Labute approximate surface area is 86.9 Å². The molecule has 0 atom stereocenters. The average molecular weight is 207 g/mol. The van der Waals surface area contributed by atoms with Gasteiger partial charge in [0, 0.05) is 5.56 Å². The molecular weight excluding hydrogens is 194 g/mol. The molecule has 1 aromatic heterocycles. The molecule has 2 N–H and O–H groups in total. The summed E-state index contributed by atoms with van der Waals surface area (Å²) in [5.74, 6) is 0.535. The van der Waals surface area contributed by atoms with Crippen LogP contribution in [0.25, 0.3) is 0 Å². The van der Waals surface area contributed by atoms with E-state index >= 15 is 0 Å². The molecule has 0 unspecified atom stereocenters. The molecule has 0 radical (unpaired) electrons. The van der Waals surface area contributed by atoms with E-state index in [4.69, 9.17) is 0 Å². The minimum Gasteiger partial charge on any atom is -0.351 e. The summed E-state index contributed by atoms with van der Waals surface area (Å²) < 4.78 is 0. The van der Waals surface area contributed by atoms with Gasteiger partial charge in [0.2, 0.25) is 6.41 Å². The van der Waals surface area contributed by atoms with E-state index in [1.165, 1.54) is 0 Å². The van der Waals surface area contributed by atoms with Crippen LogP contribution in [0, 0.1) is 0 Å². The fourth-order valence-corrected chi connectivity index (χ4v) is 1.88. The number of aryl methyl sites for hydroxylation is 1. The molecule has 0 aromatic carbocycles. The second-order valence-corrected chi connectivity index (χ2v) is 3.64. The van der Waals surface area contributed by atoms with E-state index in [9.17, 15) is 9.59 Å². The molecule has 0 bridgehead atoms. The Bertz CT molecular complexity index is 425. The molecule has 1 aromatic rings. The molecule has 15 heavy (non-hydrogen) atoms. The number of hydrogen-bond acceptors (Lipinski definition) is 3. The quantitative estimate of drug-likeness (QED) is 0.679. The Balaban J connectivity index is 2.32. The number of nitrogens with one attached hydrogen (secondary N) is 2. The van der Waals surface area contributed by atoms with Crippen molar-refractivity contribution < 1.29 is 4.79 Å². The minimum absolute atomic E-state index is 0.0533. The van der Waals surface area contributed by atoms with Crippen molar-refractivity contribution in [2.45, 2.75) is 32.2 Å². The standard InChI is InChI=1S/C10H13N3O2/c14-6-11-5-9-12-8-4-2-1-3-7(8)10(15)13-9/h6H,1-5H2,(H,11,14)(H,12,13,15). The van der Waals surface area contributed by atoms with Crippen LogP contribution in [0.15, 0.2) is 4.79 Å². The van der Waals surface area contributed by atoms with Crippen LogP contribution in [0.2, 0.25) is 0 Å². The van der Waals surface area contributed by atoms with E-state index in [1.807, 2.05) is 0 Å². The predicted molar refractivity (Wildman–Crippen MR) is 54.4 cm³/mol. The van der Waals surface area contributed by atoms with Crippen LogP contribution in [-0.4, -0.2) is 16.4 Å². The number of aromatic nitrogens is 2. The molecule has 80 valence electrons. The summed E-state index contributed by atoms with van der Waals surface area (Å²) in [6.07, 6.45) is 4.43. The Morgan fingerprint density at radius 3 is 3.00 bits per heavy atom. The Morgan fingerprint density at radius 1 is 1.40 bits per heavy atom. The number of amides is 1. The van der Waals surface area contributed by atoms with E-state index in [0.29, 0.717) is 12.2 Å². The molecule has 0 aliphatic heterocycles. The zero-order chi connectivity index (χ0) is 10.7. The maximum Gasteiger partial charge on any atom is 0.254 e. The minimum atomic E-state index is -0.0533. The maximum absolute atomic E-state index is 11.6. The first-order valence-electron chi connectivity index (χ1n) is 5.09. The first-order chi connectivity index (χ1) is 7.31. The maximum atomic E-state index is 11.6. The van der Waals surface area contributed by atoms with E-state index < -0.39 is 0 Å². The molecule has 0 saturated heterocycles. The van der Waals surface area contributed by atoms with Crippen molar-refractivity contribution in [2.75, 3.05) is 0 Å². The van der Waals surface area contributed by atoms with Gasteiger partial charge in [-0.1, -0.05) is 0 Å². The zero-order valence-corrected chi connectivity index (χ0v) is 8.38. The topological polar surface area (TPSA) is 74.8 Å². The van der Waals surface area contributed by atoms with Crippen LogP contribution in [0.3, 0.4) is 0 Å². The molecule has 0 saturated carbocycles. The molecule has 1 amide bonds. The lowest BCUT2D eigenvalue weighted by Gasteiger charge is -2.14. The van der Waals surface area contributed by atoms with Gasteiger partial charge in [-0.15, -0.1) is 0 Å². The van der Waals surface area contributed by atoms with Crippen molar-refractivity contribution in [1.82, 2.24) is 15.3 Å². The van der Waals surface area contributed by atoms with Crippen molar-refractivity contribution in [2.24, 2.45) is 0 Å². The largest absolute Gasteiger partial charge is 0.351 e. The smallest absolute Gasteiger partial charge is 0.254 e. The van der Waals surface area contributed by atoms with Gasteiger partial charge in [0.1, 0.15) is 5.82 Å². The normalized spacial score (nSPS) is 14.4. The van der Waals surface area contributed by atoms with Crippen molar-refractivity contribution >= 4 is 6.41 Å². The Kier molecular flexibility index (Phi) is 2.80. The molecule has 0 fully saturated rings. The van der Waals surface area contributed by atoms with Crippen LogP contribution in [-0.2, 0) is 24.2 Å². The highest BCUT2D eigenvalue weighted by Gasteiger charge is 2.14. The summed E-state index contributed by atoms with van der Waals surface area (Å²) in [7, 11) is 0. The highest BCUT2D eigenvalue weighted by molar-refractivity contribution is 5.45. The van der Waals surface area contributed by atoms with Gasteiger partial charge in [0.05, 0.1) is 12.2 Å². The monoisotopic (exact) mass is 207 g/mol. The SMILES string of the molecule is O=CNCc1nc2c(c(=O)[nH]1)CCCC2. The van der Waals surface area contributed by atoms with Gasteiger partial charge in [-0.25, -0.2) is 4.98 Å². The predicted octanol–water partition coefficient (Wildman–Crippen LogP) is -0.105. The number of hydrogen-bond donors (Lipinski definition) is 2. The fraction of sp³-hybridized carbons (Fsp3) is 0.500. The third-order valence-electron chi connectivity index (χ3n) is 2.59. The van der Waals surface area contributed by atoms with Gasteiger partial charge in [-0.2, -0.15) is 0 Å². The summed E-state index contributed by atoms with van der Waals surface area (Å²) in [5.41, 5.74) is 1.66. The second-order valence-electron chi connectivity index (χ2n) is 3.64. The molecule has 1 aliphatic carbocycles. The molecule has 5 nitrogen and oxygen atoms in total. The highest BCUT2D eigenvalue weighted by atomic mass is 16.1. The molecule has 1 heterocycles. The molecule has 5 heteroatoms. The highest BCUT2D eigenvalue weighted by Crippen LogP contribution is 2.15. The van der Waals surface area contributed by atoms with Gasteiger partial charge in [-0.3, -0.25) is 9.59 Å². The summed E-state index contributed by atoms with van der Waals surface area (Å²) in [6, 6.07) is 0. The van der Waals surface area contributed by atoms with Crippen molar-refractivity contribution in [3.05, 3.63) is 27.4 Å². The first kappa shape index (κ1) is 9.89. The lowest BCUT2D eigenvalue weighted by atomic mass is 9.97. The van der Waals surface area contributed by atoms with E-state index in [2.05, 4.69) is 15.3 Å². The molecule has 1 aliphatic rings. The van der Waals surface area contributed by atoms with Crippen LogP contribution in [0.4, 0.5) is 0 Å². The van der Waals surface area contributed by atoms with Gasteiger partial charge in [-0.05, 0) is 25.7 Å². The number of aromatic amines is 1. The molecule has 2 rings (SSSR count). The molecular formula is C10H13N3O2. The van der Waals surface area contributed by atoms with E-state index in [-0.39, 0.29) is 12.1 Å². The average Bonchev–Trinajstić information content (AvgIpc) is 2.26. The number of nitrogens with zero attached hydrogens (tertiary/aromatic N) is 1. The summed E-state index contributed by atoms with van der Waals surface area (Å²) in [5, 5.41) is 2.49. The van der Waals surface area contributed by atoms with Gasteiger partial charge >= 0.3 is 0 Å². The lowest BCUT2D eigenvalue weighted by molar-refractivity contribution is -0.109. The number of carbonyl (C=O) groups is 1. The summed E-state index contributed by atoms with van der Waals surface area (Å²) in [6.45, 7) is 0.284. The van der Waals surface area contributed by atoms with Crippen LogP contribution < -0.4 is 10.9 Å². The van der Waals surface area contributed by atoms with Crippen molar-refractivity contribution in [3.8, 4) is 0 Å². The summed E-state index contributed by atoms with van der Waals surface area (Å²) >= 11 is 0.